The molecule has 0 amide bonds. The molecule has 56 heavy (non-hydrogen) atoms. The summed E-state index contributed by atoms with van der Waals surface area (Å²) in [5.41, 5.74) is 7.77. The van der Waals surface area contributed by atoms with Crippen LogP contribution in [0.25, 0.3) is 33.4 Å². The van der Waals surface area contributed by atoms with Gasteiger partial charge in [-0.15, -0.1) is 0 Å². The van der Waals surface area contributed by atoms with E-state index in [9.17, 15) is 21.6 Å². The molecule has 2 spiro atoms. The average molecular weight is 763 g/mol. The highest BCUT2D eigenvalue weighted by molar-refractivity contribution is 7.88. The van der Waals surface area contributed by atoms with Gasteiger partial charge in [0.15, 0.2) is 0 Å². The van der Waals surface area contributed by atoms with E-state index in [4.69, 9.17) is 4.18 Å². The number of halogens is 3. The second-order valence-electron chi connectivity index (χ2n) is 17.3. The first-order chi connectivity index (χ1) is 27.1. The molecular formula is C49H37F3O3S. The van der Waals surface area contributed by atoms with Crippen LogP contribution >= 0.6 is 0 Å². The van der Waals surface area contributed by atoms with Crippen molar-refractivity contribution in [3.05, 3.63) is 173 Å². The highest BCUT2D eigenvalue weighted by Gasteiger charge is 2.76. The van der Waals surface area contributed by atoms with E-state index in [2.05, 4.69) is 115 Å². The topological polar surface area (TPSA) is 43.4 Å². The fraction of sp³-hybridized carbons (Fsp3) is 0.265. The Morgan fingerprint density at radius 1 is 0.500 bits per heavy atom. The van der Waals surface area contributed by atoms with Crippen LogP contribution in [0.2, 0.25) is 0 Å². The predicted octanol–water partition coefficient (Wildman–Crippen LogP) is 11.9. The minimum atomic E-state index is -5.91. The number of fused-ring (bicyclic) bond motifs is 14. The zero-order valence-electron chi connectivity index (χ0n) is 30.4. The number of hydrogen-bond acceptors (Lipinski definition) is 3. The van der Waals surface area contributed by atoms with Gasteiger partial charge < -0.3 is 4.18 Å². The van der Waals surface area contributed by atoms with Crippen molar-refractivity contribution in [1.82, 2.24) is 0 Å². The molecule has 6 bridgehead atoms. The zero-order chi connectivity index (χ0) is 37.8. The molecule has 7 atom stereocenters. The highest BCUT2D eigenvalue weighted by atomic mass is 32.2. The van der Waals surface area contributed by atoms with E-state index in [1.165, 1.54) is 56.1 Å². The minimum Gasteiger partial charge on any atom is -0.376 e. The molecule has 0 aliphatic heterocycles. The third-order valence-electron chi connectivity index (χ3n) is 15.1. The normalized spacial score (nSPS) is 29.7. The van der Waals surface area contributed by atoms with Gasteiger partial charge in [0.25, 0.3) is 0 Å². The van der Waals surface area contributed by atoms with Crippen molar-refractivity contribution in [2.75, 3.05) is 0 Å². The van der Waals surface area contributed by atoms with Gasteiger partial charge in [-0.25, -0.2) is 0 Å². The molecule has 7 heteroatoms. The second kappa shape index (κ2) is 10.8. The zero-order valence-corrected chi connectivity index (χ0v) is 31.2. The molecule has 7 unspecified atom stereocenters. The van der Waals surface area contributed by atoms with Crippen LogP contribution < -0.4 is 4.18 Å². The molecule has 3 nitrogen and oxygen atoms in total. The van der Waals surface area contributed by atoms with Crippen LogP contribution in [-0.4, -0.2) is 13.9 Å². The van der Waals surface area contributed by atoms with Gasteiger partial charge in [0.05, 0.1) is 0 Å². The number of hydrogen-bond donors (Lipinski definition) is 0. The van der Waals surface area contributed by atoms with Crippen molar-refractivity contribution in [3.8, 4) is 39.1 Å². The summed E-state index contributed by atoms with van der Waals surface area (Å²) < 4.78 is 72.2. The third-order valence-corrected chi connectivity index (χ3v) is 16.1. The molecule has 0 heterocycles. The second-order valence-corrected chi connectivity index (χ2v) is 18.8. The molecule has 278 valence electrons. The van der Waals surface area contributed by atoms with Gasteiger partial charge in [0, 0.05) is 16.2 Å². The molecule has 6 aromatic rings. The van der Waals surface area contributed by atoms with E-state index in [1.54, 1.807) is 6.07 Å². The van der Waals surface area contributed by atoms with Crippen molar-refractivity contribution >= 4 is 10.1 Å². The Balaban J connectivity index is 1.26. The summed E-state index contributed by atoms with van der Waals surface area (Å²) in [5.74, 6) is 0.122. The monoisotopic (exact) mass is 762 g/mol. The SMILES string of the molecule is O=S(=O)(Oc1ccc2c(c1)C13CC(CC45CC(CC6(CC1c1ccccc1-c1ccccc16)C43)c1ccccc1-c1ccccc15)c1ccccc1-2)C(F)(F)F. The van der Waals surface area contributed by atoms with Crippen LogP contribution in [0.3, 0.4) is 0 Å². The smallest absolute Gasteiger partial charge is 0.376 e. The standard InChI is InChI=1S/C49H37F3O3S/c50-49(51,52)56(53,54)55-31-21-22-40-35-14-4-2-12-33(35)30-26-46-24-29(32-11-1-3-13-34(32)37-16-7-9-19-41(37)46)25-47-28-44(48(27-30,45(46)47)43(40)23-31)39-18-6-5-15-36(39)38-17-8-10-20-42(38)47/h1-23,29-30,44-45H,24-28H2. The van der Waals surface area contributed by atoms with Crippen LogP contribution in [0, 0.1) is 5.92 Å². The molecule has 0 N–H and O–H groups in total. The fourth-order valence-corrected chi connectivity index (χ4v) is 14.4. The first-order valence-corrected chi connectivity index (χ1v) is 21.1. The molecule has 12 rings (SSSR count). The lowest BCUT2D eigenvalue weighted by Gasteiger charge is -2.64. The maximum absolute atomic E-state index is 13.9. The van der Waals surface area contributed by atoms with Crippen LogP contribution in [0.15, 0.2) is 140 Å². The molecule has 0 aromatic heterocycles. The van der Waals surface area contributed by atoms with Gasteiger partial charge in [-0.3, -0.25) is 0 Å². The maximum atomic E-state index is 13.9. The lowest BCUT2D eigenvalue weighted by Crippen LogP contribution is -2.61. The lowest BCUT2D eigenvalue weighted by atomic mass is 9.38. The van der Waals surface area contributed by atoms with Crippen molar-refractivity contribution < 1.29 is 25.8 Å². The van der Waals surface area contributed by atoms with E-state index in [1.807, 2.05) is 12.1 Å². The fourth-order valence-electron chi connectivity index (χ4n) is 14.0. The van der Waals surface area contributed by atoms with Crippen LogP contribution in [0.4, 0.5) is 13.2 Å². The lowest BCUT2D eigenvalue weighted by molar-refractivity contribution is -0.0500. The van der Waals surface area contributed by atoms with Gasteiger partial charge in [-0.2, -0.15) is 21.6 Å². The summed E-state index contributed by atoms with van der Waals surface area (Å²) in [5, 5.41) is 0. The van der Waals surface area contributed by atoms with Gasteiger partial charge in [0.2, 0.25) is 0 Å². The van der Waals surface area contributed by atoms with E-state index < -0.39 is 21.0 Å². The molecular weight excluding hydrogens is 726 g/mol. The molecule has 0 saturated heterocycles. The Hall–Kier alpha value is -5.14. The van der Waals surface area contributed by atoms with Crippen molar-refractivity contribution in [2.24, 2.45) is 5.92 Å². The summed E-state index contributed by atoms with van der Waals surface area (Å²) in [6.45, 7) is 0. The summed E-state index contributed by atoms with van der Waals surface area (Å²) >= 11 is 0. The van der Waals surface area contributed by atoms with Gasteiger partial charge in [0.1, 0.15) is 5.75 Å². The minimum absolute atomic E-state index is 0.0126. The first-order valence-electron chi connectivity index (χ1n) is 19.7. The van der Waals surface area contributed by atoms with E-state index in [0.29, 0.717) is 0 Å². The van der Waals surface area contributed by atoms with Crippen LogP contribution in [-0.2, 0) is 26.4 Å². The van der Waals surface area contributed by atoms with Crippen LogP contribution in [0.1, 0.15) is 83.2 Å². The van der Waals surface area contributed by atoms with Crippen LogP contribution in [0.5, 0.6) is 5.75 Å². The van der Waals surface area contributed by atoms with Gasteiger partial charge in [-0.1, -0.05) is 127 Å². The average Bonchev–Trinajstić information content (AvgIpc) is 3.36. The Kier molecular flexibility index (Phi) is 6.39. The predicted molar refractivity (Wildman–Crippen MR) is 211 cm³/mol. The highest BCUT2D eigenvalue weighted by Crippen LogP contribution is 2.82. The number of alkyl halides is 3. The largest absolute Gasteiger partial charge is 0.534 e. The first kappa shape index (κ1) is 33.0. The van der Waals surface area contributed by atoms with Gasteiger partial charge in [-0.05, 0) is 135 Å². The molecule has 6 aliphatic carbocycles. The molecule has 3 saturated carbocycles. The van der Waals surface area contributed by atoms with Crippen molar-refractivity contribution in [3.63, 3.8) is 0 Å². The molecule has 3 fully saturated rings. The Morgan fingerprint density at radius 2 is 0.946 bits per heavy atom. The van der Waals surface area contributed by atoms with E-state index in [-0.39, 0.29) is 40.3 Å². The molecule has 0 radical (unpaired) electrons. The summed E-state index contributed by atoms with van der Waals surface area (Å²) in [7, 11) is -5.91. The summed E-state index contributed by atoms with van der Waals surface area (Å²) in [6.07, 6.45) is 4.51. The maximum Gasteiger partial charge on any atom is 0.534 e. The van der Waals surface area contributed by atoms with Gasteiger partial charge >= 0.3 is 15.6 Å². The number of rotatable bonds is 2. The van der Waals surface area contributed by atoms with E-state index >= 15 is 0 Å². The Labute approximate surface area is 324 Å². The van der Waals surface area contributed by atoms with Crippen molar-refractivity contribution in [2.45, 2.75) is 71.6 Å². The molecule has 6 aliphatic rings. The quantitative estimate of drug-likeness (QED) is 0.130. The summed E-state index contributed by atoms with van der Waals surface area (Å²) in [4.78, 5) is 0. The van der Waals surface area contributed by atoms with E-state index in [0.717, 1.165) is 48.8 Å². The Morgan fingerprint density at radius 3 is 1.52 bits per heavy atom. The van der Waals surface area contributed by atoms with Crippen molar-refractivity contribution in [1.29, 1.82) is 0 Å². The Bertz CT molecular complexity index is 2790. The number of benzene rings is 6. The third kappa shape index (κ3) is 3.97. The molecule has 6 aromatic carbocycles. The summed E-state index contributed by atoms with van der Waals surface area (Å²) in [6, 6.07) is 49.2.